The van der Waals surface area contributed by atoms with E-state index in [0.29, 0.717) is 0 Å². The van der Waals surface area contributed by atoms with Crippen molar-refractivity contribution in [1.29, 1.82) is 0 Å². The summed E-state index contributed by atoms with van der Waals surface area (Å²) in [6.07, 6.45) is 0. The molecule has 0 radical (unpaired) electrons. The third kappa shape index (κ3) is 8.72. The maximum absolute atomic E-state index is 12.0. The van der Waals surface area contributed by atoms with Gasteiger partial charge in [0.05, 0.1) is 3.91 Å². The maximum atomic E-state index is 12.0. The second-order valence-electron chi connectivity index (χ2n) is 4.00. The molecule has 0 aromatic heterocycles. The molecule has 0 aliphatic rings. The second kappa shape index (κ2) is 10.8. The number of alkyl halides is 12. The van der Waals surface area contributed by atoms with Crippen molar-refractivity contribution in [2.45, 2.75) is 22.0 Å². The Balaban J connectivity index is -0.000000335. The minimum atomic E-state index is -8.02. The van der Waals surface area contributed by atoms with Crippen LogP contribution in [0.2, 0.25) is 0 Å². The Morgan fingerprint density at radius 2 is 0.562 bits per heavy atom. The van der Waals surface area contributed by atoms with Crippen molar-refractivity contribution < 1.29 is 129 Å². The molecule has 0 N–H and O–H groups in total. The average Bonchev–Trinajstić information content (AvgIpc) is 2.30. The third-order valence-electron chi connectivity index (χ3n) is 1.86. The molecule has 0 aliphatic carbocycles. The van der Waals surface area contributed by atoms with E-state index >= 15 is 0 Å². The maximum Gasteiger partial charge on any atom is 1.00 e. The number of sulfone groups is 3. The number of hydrogen-bond donors (Lipinski definition) is 0. The third-order valence-corrected chi connectivity index (χ3v) is 9.52. The Hall–Kier alpha value is 0.115. The first-order chi connectivity index (χ1) is 12.4. The van der Waals surface area contributed by atoms with Crippen LogP contribution in [0.1, 0.15) is 0 Å². The molecule has 32 heavy (non-hydrogen) atoms. The predicted octanol–water partition coefficient (Wildman–Crippen LogP) is -4.70. The van der Waals surface area contributed by atoms with E-state index in [4.69, 9.17) is 13.0 Å². The van der Waals surface area contributed by atoms with Crippen LogP contribution in [0, 0.1) is 3.91 Å². The van der Waals surface area contributed by atoms with Gasteiger partial charge in [0.1, 0.15) is 0 Å². The summed E-state index contributed by atoms with van der Waals surface area (Å²) in [4.78, 5) is 0. The molecule has 27 heteroatoms. The molecule has 0 spiro atoms. The van der Waals surface area contributed by atoms with Gasteiger partial charge in [-0.3, -0.25) is 25.3 Å². The summed E-state index contributed by atoms with van der Waals surface area (Å²) in [5, 5.41) is 0. The number of hydrogen-bond acceptors (Lipinski definition) is 9. The topological polar surface area (TPSA) is 160 Å². The standard InChI is InChI=1S/C4F9O6S3.CHF3O3S.2Li/c5-2(6,7)20(14,15)1(21(16,17)3(8,9)10)22(18,19)4(11,12)13;2-1(3,4)8(5,6)7;;/h;(H,5,6,7);;/q-1;;2*+1/p-1. The van der Waals surface area contributed by atoms with E-state index in [-0.39, 0.29) is 37.7 Å². The zero-order chi connectivity index (χ0) is 25.6. The van der Waals surface area contributed by atoms with Crippen molar-refractivity contribution in [2.24, 2.45) is 0 Å². The van der Waals surface area contributed by atoms with Gasteiger partial charge in [0, 0.05) is 0 Å². The van der Waals surface area contributed by atoms with Gasteiger partial charge < -0.3 is 4.55 Å². The molecule has 0 rings (SSSR count). The number of rotatable bonds is 3. The first kappa shape index (κ1) is 39.3. The zero-order valence-electron chi connectivity index (χ0n) is 14.3. The fourth-order valence-corrected chi connectivity index (χ4v) is 6.45. The van der Waals surface area contributed by atoms with Gasteiger partial charge >= 0.3 is 59.8 Å². The van der Waals surface area contributed by atoms with Gasteiger partial charge in [0.15, 0.2) is 39.6 Å². The average molecular weight is 574 g/mol. The Labute approximate surface area is 193 Å². The van der Waals surface area contributed by atoms with Gasteiger partial charge in [-0.2, -0.15) is 52.7 Å². The van der Waals surface area contributed by atoms with Crippen molar-refractivity contribution in [3.05, 3.63) is 3.91 Å². The predicted molar refractivity (Wildman–Crippen MR) is 63.9 cm³/mol. The van der Waals surface area contributed by atoms with Crippen LogP contribution in [0.15, 0.2) is 0 Å². The van der Waals surface area contributed by atoms with Gasteiger partial charge in [0.2, 0.25) is 0 Å². The summed E-state index contributed by atoms with van der Waals surface area (Å²) in [6.45, 7) is 0. The summed E-state index contributed by atoms with van der Waals surface area (Å²) >= 11 is 0. The Morgan fingerprint density at radius 1 is 0.438 bits per heavy atom. The summed E-state index contributed by atoms with van der Waals surface area (Å²) in [7, 11) is -30.1. The molecule has 9 nitrogen and oxygen atoms in total. The fraction of sp³-hybridized carbons (Fsp3) is 0.800. The smallest absolute Gasteiger partial charge is 0.741 e. The molecular formula is C5F12Li2O9S4. The molecule has 0 saturated heterocycles. The van der Waals surface area contributed by atoms with Gasteiger partial charge in [-0.1, -0.05) is 0 Å². The van der Waals surface area contributed by atoms with Crippen LogP contribution >= 0.6 is 0 Å². The van der Waals surface area contributed by atoms with E-state index in [0.717, 1.165) is 0 Å². The van der Waals surface area contributed by atoms with Gasteiger partial charge in [-0.15, -0.1) is 0 Å². The van der Waals surface area contributed by atoms with Crippen LogP contribution in [0.5, 0.6) is 0 Å². The van der Waals surface area contributed by atoms with Crippen LogP contribution in [0.3, 0.4) is 0 Å². The number of halogens is 12. The SMILES string of the molecule is O=S(=O)([C-](S(=O)(=O)C(F)(F)F)S(=O)(=O)C(F)(F)F)C(F)(F)F.O=S(=O)([O-])C(F)(F)F.[Li+].[Li+]. The molecule has 0 fully saturated rings. The van der Waals surface area contributed by atoms with E-state index in [1.807, 2.05) is 0 Å². The molecule has 0 aliphatic heterocycles. The van der Waals surface area contributed by atoms with E-state index < -0.39 is 65.6 Å². The van der Waals surface area contributed by atoms with Crippen molar-refractivity contribution >= 4 is 39.6 Å². The van der Waals surface area contributed by atoms with Crippen LogP contribution in [-0.2, 0) is 39.6 Å². The quantitative estimate of drug-likeness (QED) is 0.106. The normalized spacial score (nSPS) is 14.6. The molecule has 184 valence electrons. The summed E-state index contributed by atoms with van der Waals surface area (Å²) < 4.78 is 226. The van der Waals surface area contributed by atoms with Crippen LogP contribution in [-0.4, -0.2) is 60.3 Å². The molecule has 0 amide bonds. The fourth-order valence-electron chi connectivity index (χ4n) is 0.717. The zero-order valence-corrected chi connectivity index (χ0v) is 17.6. The molecule has 0 heterocycles. The van der Waals surface area contributed by atoms with Crippen molar-refractivity contribution in [3.8, 4) is 0 Å². The molecule has 0 bridgehead atoms. The first-order valence-electron chi connectivity index (χ1n) is 5.20. The van der Waals surface area contributed by atoms with E-state index in [1.54, 1.807) is 0 Å². The summed E-state index contributed by atoms with van der Waals surface area (Å²) in [5.41, 5.74) is -26.8. The van der Waals surface area contributed by atoms with Crippen molar-refractivity contribution in [2.75, 3.05) is 0 Å². The van der Waals surface area contributed by atoms with Crippen LogP contribution in [0.25, 0.3) is 0 Å². The minimum Gasteiger partial charge on any atom is -0.741 e. The van der Waals surface area contributed by atoms with Gasteiger partial charge in [0.25, 0.3) is 0 Å². The monoisotopic (exact) mass is 574 g/mol. The van der Waals surface area contributed by atoms with Crippen LogP contribution in [0.4, 0.5) is 52.7 Å². The Morgan fingerprint density at radius 3 is 0.625 bits per heavy atom. The molecule has 0 saturated carbocycles. The van der Waals surface area contributed by atoms with E-state index in [9.17, 15) is 77.9 Å². The second-order valence-corrected chi connectivity index (χ2v) is 11.8. The minimum absolute atomic E-state index is 0. The summed E-state index contributed by atoms with van der Waals surface area (Å²) in [5.74, 6) is 0. The Kier molecular flexibility index (Phi) is 13.3. The molecule has 0 aromatic rings. The Bertz CT molecular complexity index is 941. The van der Waals surface area contributed by atoms with Crippen LogP contribution < -0.4 is 37.7 Å². The van der Waals surface area contributed by atoms with Crippen molar-refractivity contribution in [1.82, 2.24) is 0 Å². The molecule has 0 unspecified atom stereocenters. The molecular weight excluding hydrogens is 574 g/mol. The van der Waals surface area contributed by atoms with Gasteiger partial charge in [-0.05, 0) is 0 Å². The molecule has 0 atom stereocenters. The summed E-state index contributed by atoms with van der Waals surface area (Å²) in [6, 6.07) is 0. The largest absolute Gasteiger partial charge is 1.00 e. The van der Waals surface area contributed by atoms with E-state index in [1.165, 1.54) is 0 Å². The first-order valence-corrected chi connectivity index (χ1v) is 11.1. The van der Waals surface area contributed by atoms with Crippen molar-refractivity contribution in [3.63, 3.8) is 0 Å². The van der Waals surface area contributed by atoms with E-state index in [2.05, 4.69) is 0 Å². The van der Waals surface area contributed by atoms with Gasteiger partial charge in [-0.25, -0.2) is 8.42 Å². The molecule has 0 aromatic carbocycles.